The lowest BCUT2D eigenvalue weighted by Gasteiger charge is -2.15. The second-order valence-electron chi connectivity index (χ2n) is 3.70. The zero-order chi connectivity index (χ0) is 13.5. The SMILES string of the molecule is CSc1ccc(NCC(NC(C)=O)C(=O)O)cc1. The van der Waals surface area contributed by atoms with Gasteiger partial charge in [0.05, 0.1) is 0 Å². The van der Waals surface area contributed by atoms with Gasteiger partial charge in [-0.3, -0.25) is 4.79 Å². The van der Waals surface area contributed by atoms with Crippen LogP contribution in [0.3, 0.4) is 0 Å². The number of thioether (sulfide) groups is 1. The summed E-state index contributed by atoms with van der Waals surface area (Å²) in [6, 6.07) is 6.71. The third-order valence-electron chi connectivity index (χ3n) is 2.28. The highest BCUT2D eigenvalue weighted by Crippen LogP contribution is 2.17. The van der Waals surface area contributed by atoms with Crippen LogP contribution in [0.25, 0.3) is 0 Å². The van der Waals surface area contributed by atoms with Crippen molar-refractivity contribution in [1.82, 2.24) is 5.32 Å². The molecule has 5 nitrogen and oxygen atoms in total. The molecule has 0 spiro atoms. The maximum Gasteiger partial charge on any atom is 0.328 e. The summed E-state index contributed by atoms with van der Waals surface area (Å²) < 4.78 is 0. The topological polar surface area (TPSA) is 78.4 Å². The van der Waals surface area contributed by atoms with Gasteiger partial charge in [0.15, 0.2) is 0 Å². The molecule has 1 aromatic carbocycles. The molecule has 1 rings (SSSR count). The van der Waals surface area contributed by atoms with Gasteiger partial charge in [0.1, 0.15) is 6.04 Å². The number of rotatable bonds is 6. The average Bonchev–Trinajstić information content (AvgIpc) is 2.34. The maximum absolute atomic E-state index is 10.9. The molecule has 18 heavy (non-hydrogen) atoms. The molecule has 1 unspecified atom stereocenters. The third kappa shape index (κ3) is 4.67. The van der Waals surface area contributed by atoms with Crippen LogP contribution in [0.15, 0.2) is 29.2 Å². The van der Waals surface area contributed by atoms with Crippen LogP contribution >= 0.6 is 11.8 Å². The monoisotopic (exact) mass is 268 g/mol. The molecule has 0 bridgehead atoms. The smallest absolute Gasteiger partial charge is 0.328 e. The molecule has 0 saturated heterocycles. The third-order valence-corrected chi connectivity index (χ3v) is 3.02. The molecule has 0 aliphatic rings. The van der Waals surface area contributed by atoms with E-state index in [0.29, 0.717) is 0 Å². The maximum atomic E-state index is 10.9. The number of carboxylic acid groups (broad SMARTS) is 1. The summed E-state index contributed by atoms with van der Waals surface area (Å²) in [5.41, 5.74) is 0.824. The summed E-state index contributed by atoms with van der Waals surface area (Å²) in [5.74, 6) is -1.42. The standard InChI is InChI=1S/C12H16N2O3S/c1-8(15)14-11(12(16)17)7-13-9-3-5-10(18-2)6-4-9/h3-6,11,13H,7H2,1-2H3,(H,14,15)(H,16,17). The normalized spacial score (nSPS) is 11.7. The van der Waals surface area contributed by atoms with E-state index in [-0.39, 0.29) is 12.5 Å². The van der Waals surface area contributed by atoms with Crippen molar-refractivity contribution in [3.63, 3.8) is 0 Å². The van der Waals surface area contributed by atoms with E-state index in [9.17, 15) is 9.59 Å². The Morgan fingerprint density at radius 3 is 2.39 bits per heavy atom. The minimum Gasteiger partial charge on any atom is -0.480 e. The quantitative estimate of drug-likeness (QED) is 0.680. The van der Waals surface area contributed by atoms with Gasteiger partial charge in [0, 0.05) is 24.1 Å². The number of hydrogen-bond donors (Lipinski definition) is 3. The number of benzene rings is 1. The Kier molecular flexibility index (Phi) is 5.51. The van der Waals surface area contributed by atoms with Gasteiger partial charge in [-0.15, -0.1) is 11.8 Å². The lowest BCUT2D eigenvalue weighted by atomic mass is 10.2. The summed E-state index contributed by atoms with van der Waals surface area (Å²) in [6.45, 7) is 1.44. The van der Waals surface area contributed by atoms with Gasteiger partial charge in [-0.1, -0.05) is 0 Å². The Hall–Kier alpha value is -1.69. The van der Waals surface area contributed by atoms with Crippen LogP contribution in [0.4, 0.5) is 5.69 Å². The number of amides is 1. The molecular weight excluding hydrogens is 252 g/mol. The number of nitrogens with one attached hydrogen (secondary N) is 2. The summed E-state index contributed by atoms with van der Waals surface area (Å²) in [6.07, 6.45) is 1.99. The molecule has 1 atom stereocenters. The molecule has 0 heterocycles. The molecule has 0 radical (unpaired) electrons. The lowest BCUT2D eigenvalue weighted by Crippen LogP contribution is -2.44. The minimum atomic E-state index is -1.06. The van der Waals surface area contributed by atoms with Crippen molar-refractivity contribution in [2.75, 3.05) is 18.1 Å². The number of carboxylic acids is 1. The highest BCUT2D eigenvalue weighted by atomic mass is 32.2. The van der Waals surface area contributed by atoms with E-state index in [1.54, 1.807) is 11.8 Å². The fourth-order valence-electron chi connectivity index (χ4n) is 1.37. The first-order chi connectivity index (χ1) is 8.52. The number of hydrogen-bond acceptors (Lipinski definition) is 4. The summed E-state index contributed by atoms with van der Waals surface area (Å²) in [7, 11) is 0. The zero-order valence-corrected chi connectivity index (χ0v) is 11.1. The van der Waals surface area contributed by atoms with Gasteiger partial charge in [0.2, 0.25) is 5.91 Å². The largest absolute Gasteiger partial charge is 0.480 e. The predicted molar refractivity (Wildman–Crippen MR) is 72.0 cm³/mol. The first-order valence-electron chi connectivity index (χ1n) is 5.40. The summed E-state index contributed by atoms with van der Waals surface area (Å²) in [4.78, 5) is 22.9. The molecule has 0 aromatic heterocycles. The van der Waals surface area contributed by atoms with Crippen molar-refractivity contribution in [3.8, 4) is 0 Å². The van der Waals surface area contributed by atoms with Crippen LogP contribution in [0.5, 0.6) is 0 Å². The van der Waals surface area contributed by atoms with Gasteiger partial charge in [0.25, 0.3) is 0 Å². The second kappa shape index (κ2) is 6.90. The summed E-state index contributed by atoms with van der Waals surface area (Å²) >= 11 is 1.64. The average molecular weight is 268 g/mol. The van der Waals surface area contributed by atoms with Crippen LogP contribution < -0.4 is 10.6 Å². The number of anilines is 1. The van der Waals surface area contributed by atoms with E-state index in [0.717, 1.165) is 10.6 Å². The number of carbonyl (C=O) groups is 2. The highest BCUT2D eigenvalue weighted by Gasteiger charge is 2.17. The van der Waals surface area contributed by atoms with Crippen molar-refractivity contribution in [2.45, 2.75) is 17.9 Å². The van der Waals surface area contributed by atoms with Crippen molar-refractivity contribution >= 4 is 29.3 Å². The van der Waals surface area contributed by atoms with E-state index in [4.69, 9.17) is 5.11 Å². The Labute approximate surface area is 110 Å². The van der Waals surface area contributed by atoms with E-state index >= 15 is 0 Å². The molecule has 1 aromatic rings. The van der Waals surface area contributed by atoms with Crippen molar-refractivity contribution in [2.24, 2.45) is 0 Å². The van der Waals surface area contributed by atoms with E-state index in [1.165, 1.54) is 6.92 Å². The van der Waals surface area contributed by atoms with E-state index in [2.05, 4.69) is 10.6 Å². The molecular formula is C12H16N2O3S. The van der Waals surface area contributed by atoms with Crippen LogP contribution in [-0.4, -0.2) is 35.8 Å². The Balaban J connectivity index is 2.55. The Morgan fingerprint density at radius 2 is 1.94 bits per heavy atom. The molecule has 98 valence electrons. The van der Waals surface area contributed by atoms with Gasteiger partial charge >= 0.3 is 5.97 Å². The van der Waals surface area contributed by atoms with Crippen LogP contribution in [0.2, 0.25) is 0 Å². The Bertz CT molecular complexity index is 420. The summed E-state index contributed by atoms with van der Waals surface area (Å²) in [5, 5.41) is 14.3. The molecule has 6 heteroatoms. The van der Waals surface area contributed by atoms with Crippen molar-refractivity contribution < 1.29 is 14.7 Å². The fourth-order valence-corrected chi connectivity index (χ4v) is 1.78. The van der Waals surface area contributed by atoms with Crippen molar-refractivity contribution in [1.29, 1.82) is 0 Å². The first-order valence-corrected chi connectivity index (χ1v) is 6.63. The molecule has 0 aliphatic carbocycles. The second-order valence-corrected chi connectivity index (χ2v) is 4.58. The van der Waals surface area contributed by atoms with Crippen LogP contribution in [-0.2, 0) is 9.59 Å². The molecule has 0 fully saturated rings. The van der Waals surface area contributed by atoms with Gasteiger partial charge < -0.3 is 15.7 Å². The lowest BCUT2D eigenvalue weighted by molar-refractivity contribution is -0.141. The molecule has 1 amide bonds. The van der Waals surface area contributed by atoms with Gasteiger partial charge in [-0.2, -0.15) is 0 Å². The van der Waals surface area contributed by atoms with E-state index < -0.39 is 12.0 Å². The highest BCUT2D eigenvalue weighted by molar-refractivity contribution is 7.98. The van der Waals surface area contributed by atoms with Gasteiger partial charge in [-0.05, 0) is 30.5 Å². The molecule has 0 saturated carbocycles. The minimum absolute atomic E-state index is 0.146. The van der Waals surface area contributed by atoms with Crippen LogP contribution in [0, 0.1) is 0 Å². The number of carbonyl (C=O) groups excluding carboxylic acids is 1. The van der Waals surface area contributed by atoms with Crippen molar-refractivity contribution in [3.05, 3.63) is 24.3 Å². The molecule has 3 N–H and O–H groups in total. The van der Waals surface area contributed by atoms with Crippen LogP contribution in [0.1, 0.15) is 6.92 Å². The van der Waals surface area contributed by atoms with Gasteiger partial charge in [-0.25, -0.2) is 4.79 Å². The van der Waals surface area contributed by atoms with E-state index in [1.807, 2.05) is 30.5 Å². The zero-order valence-electron chi connectivity index (χ0n) is 10.3. The predicted octanol–water partition coefficient (Wildman–Crippen LogP) is 1.41. The Morgan fingerprint density at radius 1 is 1.33 bits per heavy atom. The number of aliphatic carboxylic acids is 1. The fraction of sp³-hybridized carbons (Fsp3) is 0.333. The first kappa shape index (κ1) is 14.4. The molecule has 0 aliphatic heterocycles.